The van der Waals surface area contributed by atoms with Gasteiger partial charge in [-0.3, -0.25) is 0 Å². The largest absolute Gasteiger partial charge is 0.477 e. The van der Waals surface area contributed by atoms with E-state index in [0.717, 1.165) is 69.4 Å². The lowest BCUT2D eigenvalue weighted by Gasteiger charge is -2.36. The van der Waals surface area contributed by atoms with E-state index in [-0.39, 0.29) is 5.57 Å². The highest BCUT2D eigenvalue weighted by molar-refractivity contribution is 5.96. The third-order valence-corrected chi connectivity index (χ3v) is 8.94. The predicted octanol–water partition coefficient (Wildman–Crippen LogP) is 7.93. The molecule has 4 aromatic carbocycles. The molecule has 0 bridgehead atoms. The van der Waals surface area contributed by atoms with Crippen molar-refractivity contribution in [1.29, 1.82) is 5.26 Å². The molecule has 3 heterocycles. The summed E-state index contributed by atoms with van der Waals surface area (Å²) in [5, 5.41) is 18.4. The molecule has 0 saturated heterocycles. The minimum atomic E-state index is -1.20. The summed E-state index contributed by atoms with van der Waals surface area (Å²) >= 11 is 0. The van der Waals surface area contributed by atoms with Crippen LogP contribution in [0.4, 0.5) is 34.1 Å². The van der Waals surface area contributed by atoms with Crippen LogP contribution in [0.3, 0.4) is 0 Å². The van der Waals surface area contributed by atoms with Gasteiger partial charge in [0.25, 0.3) is 0 Å². The number of nitrogens with zero attached hydrogens (tertiary/aromatic N) is 4. The zero-order valence-corrected chi connectivity index (χ0v) is 24.2. The van der Waals surface area contributed by atoms with E-state index < -0.39 is 5.97 Å². The first kappa shape index (κ1) is 26.9. The van der Waals surface area contributed by atoms with E-state index >= 15 is 0 Å². The summed E-state index contributed by atoms with van der Waals surface area (Å²) in [4.78, 5) is 18.6. The second-order valence-corrected chi connectivity index (χ2v) is 11.6. The Labute approximate surface area is 252 Å². The van der Waals surface area contributed by atoms with Gasteiger partial charge in [-0.15, -0.1) is 0 Å². The molecule has 0 radical (unpaired) electrons. The maximum atomic E-state index is 11.3. The third kappa shape index (κ3) is 5.12. The fourth-order valence-electron chi connectivity index (χ4n) is 6.93. The quantitative estimate of drug-likeness (QED) is 0.195. The van der Waals surface area contributed by atoms with Crippen LogP contribution in [0.25, 0.3) is 6.08 Å². The van der Waals surface area contributed by atoms with Gasteiger partial charge in [-0.1, -0.05) is 24.3 Å². The van der Waals surface area contributed by atoms with Gasteiger partial charge in [-0.2, -0.15) is 5.26 Å². The van der Waals surface area contributed by atoms with Crippen LogP contribution in [-0.4, -0.2) is 30.7 Å². The highest BCUT2D eigenvalue weighted by atomic mass is 16.4. The summed E-state index contributed by atoms with van der Waals surface area (Å²) in [6, 6.07) is 32.4. The molecule has 43 heavy (non-hydrogen) atoms. The Morgan fingerprint density at radius 3 is 1.65 bits per heavy atom. The second kappa shape index (κ2) is 11.3. The molecule has 0 spiro atoms. The van der Waals surface area contributed by atoms with E-state index in [1.165, 1.54) is 51.2 Å². The number of rotatable bonds is 5. The number of nitriles is 1. The van der Waals surface area contributed by atoms with Crippen LogP contribution in [0.1, 0.15) is 41.5 Å². The Morgan fingerprint density at radius 1 is 0.651 bits per heavy atom. The number of hydrogen-bond donors (Lipinski definition) is 1. The first-order valence-electron chi connectivity index (χ1n) is 15.2. The highest BCUT2D eigenvalue weighted by Crippen LogP contribution is 2.42. The monoisotopic (exact) mass is 566 g/mol. The smallest absolute Gasteiger partial charge is 0.346 e. The zero-order chi connectivity index (χ0) is 29.3. The molecule has 0 aliphatic carbocycles. The van der Waals surface area contributed by atoms with Gasteiger partial charge in [0.1, 0.15) is 11.6 Å². The van der Waals surface area contributed by atoms with Crippen LogP contribution in [0, 0.1) is 11.3 Å². The molecule has 6 nitrogen and oxygen atoms in total. The molecule has 0 aromatic heterocycles. The van der Waals surface area contributed by atoms with E-state index in [1.54, 1.807) is 6.07 Å². The number of carbonyl (C=O) groups is 1. The first-order chi connectivity index (χ1) is 21.1. The number of para-hydroxylation sites is 1. The number of fused-ring (bicyclic) bond motifs is 3. The van der Waals surface area contributed by atoms with E-state index in [0.29, 0.717) is 0 Å². The highest BCUT2D eigenvalue weighted by Gasteiger charge is 2.25. The molecule has 7 rings (SSSR count). The van der Waals surface area contributed by atoms with Crippen LogP contribution in [-0.2, 0) is 24.1 Å². The van der Waals surface area contributed by atoms with Crippen molar-refractivity contribution in [2.24, 2.45) is 0 Å². The molecule has 0 atom stereocenters. The minimum absolute atomic E-state index is 0.251. The van der Waals surface area contributed by atoms with E-state index in [9.17, 15) is 9.90 Å². The van der Waals surface area contributed by atoms with E-state index in [1.807, 2.05) is 12.1 Å². The van der Waals surface area contributed by atoms with Gasteiger partial charge in [0, 0.05) is 53.8 Å². The molecule has 6 heteroatoms. The summed E-state index contributed by atoms with van der Waals surface area (Å²) in [5.41, 5.74) is 12.0. The lowest BCUT2D eigenvalue weighted by Crippen LogP contribution is -2.28. The van der Waals surface area contributed by atoms with Gasteiger partial charge >= 0.3 is 5.97 Å². The molecule has 0 amide bonds. The van der Waals surface area contributed by atoms with Crippen LogP contribution in [0.5, 0.6) is 0 Å². The van der Waals surface area contributed by atoms with Gasteiger partial charge < -0.3 is 19.8 Å². The first-order valence-corrected chi connectivity index (χ1v) is 15.2. The molecule has 214 valence electrons. The Kier molecular flexibility index (Phi) is 7.08. The summed E-state index contributed by atoms with van der Waals surface area (Å²) < 4.78 is 0. The SMILES string of the molecule is N#C/C(=C\c1ccc2c(c1)CCCN2c1ccc2c(c1)CCCN2c1ccc2c(c1)CCCN2c1ccccc1)C(=O)O. The molecule has 4 aromatic rings. The fourth-order valence-corrected chi connectivity index (χ4v) is 6.93. The number of aryl methyl sites for hydroxylation is 3. The third-order valence-electron chi connectivity index (χ3n) is 8.94. The van der Waals surface area contributed by atoms with Crippen LogP contribution < -0.4 is 14.7 Å². The Hall–Kier alpha value is -5.02. The van der Waals surface area contributed by atoms with Crippen molar-refractivity contribution < 1.29 is 9.90 Å². The van der Waals surface area contributed by atoms with Crippen molar-refractivity contribution in [1.82, 2.24) is 0 Å². The summed E-state index contributed by atoms with van der Waals surface area (Å²) in [6.45, 7) is 3.00. The molecule has 3 aliphatic rings. The lowest BCUT2D eigenvalue weighted by molar-refractivity contribution is -0.132. The van der Waals surface area contributed by atoms with Crippen molar-refractivity contribution in [2.75, 3.05) is 34.3 Å². The molecule has 0 unspecified atom stereocenters. The fraction of sp³-hybridized carbons (Fsp3) is 0.243. The number of carboxylic acids is 1. The summed E-state index contributed by atoms with van der Waals surface area (Å²) in [6.07, 6.45) is 7.83. The summed E-state index contributed by atoms with van der Waals surface area (Å²) in [5.74, 6) is -1.20. The maximum absolute atomic E-state index is 11.3. The number of benzene rings is 4. The van der Waals surface area contributed by atoms with Crippen LogP contribution in [0.15, 0.2) is 90.5 Å². The number of hydrogen-bond acceptors (Lipinski definition) is 5. The number of carboxylic acid groups (broad SMARTS) is 1. The molecule has 0 fully saturated rings. The molecule has 0 saturated carbocycles. The van der Waals surface area contributed by atoms with Gasteiger partial charge in [0.05, 0.1) is 0 Å². The van der Waals surface area contributed by atoms with Crippen molar-refractivity contribution in [3.8, 4) is 6.07 Å². The van der Waals surface area contributed by atoms with Crippen molar-refractivity contribution in [3.63, 3.8) is 0 Å². The maximum Gasteiger partial charge on any atom is 0.346 e. The lowest BCUT2D eigenvalue weighted by atomic mass is 9.95. The Balaban J connectivity index is 1.17. The van der Waals surface area contributed by atoms with Crippen LogP contribution >= 0.6 is 0 Å². The number of aliphatic carboxylic acids is 1. The van der Waals surface area contributed by atoms with E-state index in [2.05, 4.69) is 87.5 Å². The van der Waals surface area contributed by atoms with Crippen LogP contribution in [0.2, 0.25) is 0 Å². The Bertz CT molecular complexity index is 1770. The zero-order valence-electron chi connectivity index (χ0n) is 24.2. The predicted molar refractivity (Wildman–Crippen MR) is 173 cm³/mol. The van der Waals surface area contributed by atoms with Crippen molar-refractivity contribution in [3.05, 3.63) is 113 Å². The van der Waals surface area contributed by atoms with Gasteiger partial charge in [-0.25, -0.2) is 4.79 Å². The van der Waals surface area contributed by atoms with Crippen molar-refractivity contribution >= 4 is 46.2 Å². The number of anilines is 6. The standard InChI is InChI=1S/C37H34N4O2/c38-25-30(37(42)43)22-26-12-15-34-27(21-26)7-4-19-40(34)32-14-17-36-29(24-32)9-6-20-41(36)33-13-16-35-28(23-33)8-5-18-39(35)31-10-2-1-3-11-31/h1-3,10-17,21-24H,4-9,18-20H2,(H,42,43)/b30-22+. The van der Waals surface area contributed by atoms with Crippen molar-refractivity contribution in [2.45, 2.75) is 38.5 Å². The minimum Gasteiger partial charge on any atom is -0.477 e. The molecule has 1 N–H and O–H groups in total. The molecule has 3 aliphatic heterocycles. The molecular weight excluding hydrogens is 532 g/mol. The van der Waals surface area contributed by atoms with Gasteiger partial charge in [0.15, 0.2) is 0 Å². The average molecular weight is 567 g/mol. The topological polar surface area (TPSA) is 70.8 Å². The van der Waals surface area contributed by atoms with Gasteiger partial charge in [-0.05, 0) is 128 Å². The average Bonchev–Trinajstić information content (AvgIpc) is 3.06. The second-order valence-electron chi connectivity index (χ2n) is 11.6. The Morgan fingerprint density at radius 2 is 1.14 bits per heavy atom. The normalized spacial score (nSPS) is 16.2. The van der Waals surface area contributed by atoms with Gasteiger partial charge in [0.2, 0.25) is 0 Å². The molecular formula is C37H34N4O2. The summed E-state index contributed by atoms with van der Waals surface area (Å²) in [7, 11) is 0. The van der Waals surface area contributed by atoms with E-state index in [4.69, 9.17) is 5.26 Å².